The van der Waals surface area contributed by atoms with Gasteiger partial charge in [0.25, 0.3) is 0 Å². The van der Waals surface area contributed by atoms with Crippen molar-refractivity contribution in [3.8, 4) is 11.5 Å². The van der Waals surface area contributed by atoms with Crippen molar-refractivity contribution < 1.29 is 9.47 Å². The van der Waals surface area contributed by atoms with E-state index in [1.165, 1.54) is 0 Å². The average Bonchev–Trinajstić information content (AvgIpc) is 2.91. The number of nitrogens with two attached hydrogens (primary N) is 1. The van der Waals surface area contributed by atoms with Crippen LogP contribution in [0.5, 0.6) is 11.5 Å². The Morgan fingerprint density at radius 1 is 1.18 bits per heavy atom. The van der Waals surface area contributed by atoms with E-state index in [1.807, 2.05) is 6.07 Å². The van der Waals surface area contributed by atoms with E-state index in [0.717, 1.165) is 41.2 Å². The number of hydrogen-bond acceptors (Lipinski definition) is 4. The van der Waals surface area contributed by atoms with Crippen LogP contribution in [0.2, 0.25) is 0 Å². The summed E-state index contributed by atoms with van der Waals surface area (Å²) < 4.78 is 13.7. The summed E-state index contributed by atoms with van der Waals surface area (Å²) in [5.41, 5.74) is 7.99. The van der Waals surface area contributed by atoms with Gasteiger partial charge in [0.15, 0.2) is 11.5 Å². The molecule has 0 saturated heterocycles. The van der Waals surface area contributed by atoms with Crippen molar-refractivity contribution >= 4 is 11.0 Å². The molecule has 2 heterocycles. The number of hydrogen-bond donors (Lipinski definition) is 1. The van der Waals surface area contributed by atoms with Crippen molar-refractivity contribution in [2.75, 3.05) is 19.8 Å². The Kier molecular flexibility index (Phi) is 4.25. The number of ether oxygens (including phenoxy) is 2. The minimum absolute atomic E-state index is 0.211. The van der Waals surface area contributed by atoms with Crippen molar-refractivity contribution in [2.24, 2.45) is 5.73 Å². The van der Waals surface area contributed by atoms with Gasteiger partial charge in [0, 0.05) is 30.6 Å². The van der Waals surface area contributed by atoms with Gasteiger partial charge in [-0.3, -0.25) is 0 Å². The Balaban J connectivity index is 2.21. The maximum Gasteiger partial charge on any atom is 0.163 e. The molecular formula is C17H25N3O2. The van der Waals surface area contributed by atoms with Crippen LogP contribution in [0.15, 0.2) is 12.1 Å². The zero-order valence-corrected chi connectivity index (χ0v) is 13.6. The van der Waals surface area contributed by atoms with Gasteiger partial charge < -0.3 is 19.8 Å². The van der Waals surface area contributed by atoms with Gasteiger partial charge in [-0.15, -0.1) is 0 Å². The summed E-state index contributed by atoms with van der Waals surface area (Å²) in [5, 5.41) is 0. The Bertz CT molecular complexity index is 661. The van der Waals surface area contributed by atoms with Gasteiger partial charge in [-0.05, 0) is 19.8 Å². The average molecular weight is 303 g/mol. The molecule has 0 bridgehead atoms. The molecule has 120 valence electrons. The Labute approximate surface area is 131 Å². The summed E-state index contributed by atoms with van der Waals surface area (Å²) >= 11 is 0. The number of nitrogens with zero attached hydrogens (tertiary/aromatic N) is 2. The zero-order chi connectivity index (χ0) is 15.7. The highest BCUT2D eigenvalue weighted by Gasteiger charge is 2.23. The van der Waals surface area contributed by atoms with Crippen LogP contribution in [-0.2, 0) is 0 Å². The van der Waals surface area contributed by atoms with E-state index >= 15 is 0 Å². The lowest BCUT2D eigenvalue weighted by Crippen LogP contribution is -2.20. The topological polar surface area (TPSA) is 62.3 Å². The SMILES string of the molecule is CCC(CC)c1nc2cc3c(cc2n1C(C)CN)OCCO3. The second-order valence-corrected chi connectivity index (χ2v) is 5.92. The maximum absolute atomic E-state index is 5.94. The third-order valence-electron chi connectivity index (χ3n) is 4.51. The third-order valence-corrected chi connectivity index (χ3v) is 4.51. The fourth-order valence-electron chi connectivity index (χ4n) is 3.16. The largest absolute Gasteiger partial charge is 0.486 e. The first-order chi connectivity index (χ1) is 10.7. The molecule has 1 aliphatic rings. The molecule has 5 heteroatoms. The van der Waals surface area contributed by atoms with Gasteiger partial charge in [0.05, 0.1) is 11.0 Å². The number of fused-ring (bicyclic) bond motifs is 2. The van der Waals surface area contributed by atoms with Crippen LogP contribution < -0.4 is 15.2 Å². The summed E-state index contributed by atoms with van der Waals surface area (Å²) in [6.07, 6.45) is 2.15. The Morgan fingerprint density at radius 2 is 1.82 bits per heavy atom. The first-order valence-corrected chi connectivity index (χ1v) is 8.21. The molecule has 0 saturated carbocycles. The molecule has 0 spiro atoms. The van der Waals surface area contributed by atoms with E-state index in [1.54, 1.807) is 0 Å². The van der Waals surface area contributed by atoms with E-state index in [9.17, 15) is 0 Å². The van der Waals surface area contributed by atoms with Crippen molar-refractivity contribution in [1.29, 1.82) is 0 Å². The zero-order valence-electron chi connectivity index (χ0n) is 13.6. The van der Waals surface area contributed by atoms with Crippen LogP contribution in [0.3, 0.4) is 0 Å². The predicted molar refractivity (Wildman–Crippen MR) is 87.8 cm³/mol. The summed E-state index contributed by atoms with van der Waals surface area (Å²) in [7, 11) is 0. The molecule has 1 aromatic heterocycles. The summed E-state index contributed by atoms with van der Waals surface area (Å²) in [5.74, 6) is 3.17. The summed E-state index contributed by atoms with van der Waals surface area (Å²) in [6, 6.07) is 4.26. The van der Waals surface area contributed by atoms with Crippen molar-refractivity contribution in [2.45, 2.75) is 45.6 Å². The summed E-state index contributed by atoms with van der Waals surface area (Å²) in [4.78, 5) is 4.90. The van der Waals surface area contributed by atoms with Crippen LogP contribution in [0.4, 0.5) is 0 Å². The third kappa shape index (κ3) is 2.43. The highest BCUT2D eigenvalue weighted by molar-refractivity contribution is 5.81. The number of imidazole rings is 1. The predicted octanol–water partition coefficient (Wildman–Crippen LogP) is 3.23. The molecule has 22 heavy (non-hydrogen) atoms. The molecule has 1 aliphatic heterocycles. The molecule has 0 fully saturated rings. The molecule has 0 radical (unpaired) electrons. The highest BCUT2D eigenvalue weighted by Crippen LogP contribution is 2.37. The van der Waals surface area contributed by atoms with E-state index in [4.69, 9.17) is 20.2 Å². The van der Waals surface area contributed by atoms with Crippen molar-refractivity contribution in [3.63, 3.8) is 0 Å². The van der Waals surface area contributed by atoms with Gasteiger partial charge in [0.2, 0.25) is 0 Å². The second-order valence-electron chi connectivity index (χ2n) is 5.92. The van der Waals surface area contributed by atoms with Crippen LogP contribution in [0, 0.1) is 0 Å². The Hall–Kier alpha value is -1.75. The first kappa shape index (κ1) is 15.2. The van der Waals surface area contributed by atoms with Crippen molar-refractivity contribution in [3.05, 3.63) is 18.0 Å². The smallest absolute Gasteiger partial charge is 0.163 e. The van der Waals surface area contributed by atoms with E-state index in [0.29, 0.717) is 25.7 Å². The van der Waals surface area contributed by atoms with Crippen LogP contribution in [-0.4, -0.2) is 29.3 Å². The van der Waals surface area contributed by atoms with Crippen LogP contribution >= 0.6 is 0 Å². The fourth-order valence-corrected chi connectivity index (χ4v) is 3.16. The lowest BCUT2D eigenvalue weighted by molar-refractivity contribution is 0.172. The second kappa shape index (κ2) is 6.16. The van der Waals surface area contributed by atoms with Gasteiger partial charge in [-0.1, -0.05) is 13.8 Å². The first-order valence-electron chi connectivity index (χ1n) is 8.21. The molecule has 2 aromatic rings. The molecule has 1 aromatic carbocycles. The quantitative estimate of drug-likeness (QED) is 0.921. The van der Waals surface area contributed by atoms with Gasteiger partial charge >= 0.3 is 0 Å². The number of rotatable bonds is 5. The van der Waals surface area contributed by atoms with Crippen LogP contribution in [0.1, 0.15) is 51.4 Å². The maximum atomic E-state index is 5.94. The normalized spacial score (nSPS) is 15.5. The van der Waals surface area contributed by atoms with E-state index in [-0.39, 0.29) is 6.04 Å². The Morgan fingerprint density at radius 3 is 2.41 bits per heavy atom. The molecule has 5 nitrogen and oxygen atoms in total. The standard InChI is InChI=1S/C17H25N3O2/c1-4-12(5-2)17-19-13-8-15-16(22-7-6-21-15)9-14(13)20(17)11(3)10-18/h8-9,11-12H,4-7,10,18H2,1-3H3. The number of benzene rings is 1. The fraction of sp³-hybridized carbons (Fsp3) is 0.588. The molecule has 0 aliphatic carbocycles. The minimum atomic E-state index is 0.211. The molecule has 0 amide bonds. The molecule has 1 atom stereocenters. The lowest BCUT2D eigenvalue weighted by atomic mass is 10.0. The molecular weight excluding hydrogens is 278 g/mol. The van der Waals surface area contributed by atoms with Gasteiger partial charge in [-0.25, -0.2) is 4.98 Å². The monoisotopic (exact) mass is 303 g/mol. The van der Waals surface area contributed by atoms with Gasteiger partial charge in [0.1, 0.15) is 19.0 Å². The lowest BCUT2D eigenvalue weighted by Gasteiger charge is -2.21. The van der Waals surface area contributed by atoms with Crippen molar-refractivity contribution in [1.82, 2.24) is 9.55 Å². The van der Waals surface area contributed by atoms with Crippen LogP contribution in [0.25, 0.3) is 11.0 Å². The number of aromatic nitrogens is 2. The highest BCUT2D eigenvalue weighted by atomic mass is 16.6. The molecule has 1 unspecified atom stereocenters. The van der Waals surface area contributed by atoms with E-state index in [2.05, 4.69) is 31.4 Å². The summed E-state index contributed by atoms with van der Waals surface area (Å²) in [6.45, 7) is 8.34. The van der Waals surface area contributed by atoms with Gasteiger partial charge in [-0.2, -0.15) is 0 Å². The molecule has 3 rings (SSSR count). The van der Waals surface area contributed by atoms with E-state index < -0.39 is 0 Å². The minimum Gasteiger partial charge on any atom is -0.486 e. The molecule has 2 N–H and O–H groups in total.